The zero-order chi connectivity index (χ0) is 8.39. The largest absolute Gasteiger partial charge is 0.444 e. The SMILES string of the molecule is Brc1cccc(-c2n[c]co2)c1. The summed E-state index contributed by atoms with van der Waals surface area (Å²) in [7, 11) is 0. The Morgan fingerprint density at radius 2 is 2.33 bits per heavy atom. The van der Waals surface area contributed by atoms with Gasteiger partial charge in [0.15, 0.2) is 0 Å². The summed E-state index contributed by atoms with van der Waals surface area (Å²) in [4.78, 5) is 3.92. The van der Waals surface area contributed by atoms with Gasteiger partial charge in [0.2, 0.25) is 5.89 Å². The Labute approximate surface area is 78.4 Å². The summed E-state index contributed by atoms with van der Waals surface area (Å²) in [5.74, 6) is 0.594. The molecule has 3 heteroatoms. The smallest absolute Gasteiger partial charge is 0.226 e. The lowest BCUT2D eigenvalue weighted by Crippen LogP contribution is -1.75. The minimum absolute atomic E-state index is 0.594. The van der Waals surface area contributed by atoms with Crippen LogP contribution in [0.2, 0.25) is 0 Å². The molecule has 0 amide bonds. The molecule has 0 N–H and O–H groups in total. The summed E-state index contributed by atoms with van der Waals surface area (Å²) in [6.07, 6.45) is 4.06. The molecule has 1 heterocycles. The molecule has 0 spiro atoms. The van der Waals surface area contributed by atoms with Gasteiger partial charge in [-0.25, -0.2) is 4.98 Å². The number of hydrogen-bond donors (Lipinski definition) is 0. The number of nitrogens with zero attached hydrogens (tertiary/aromatic N) is 1. The number of benzene rings is 1. The Morgan fingerprint density at radius 3 is 3.00 bits per heavy atom. The van der Waals surface area contributed by atoms with Crippen molar-refractivity contribution in [3.63, 3.8) is 0 Å². The monoisotopic (exact) mass is 222 g/mol. The van der Waals surface area contributed by atoms with E-state index in [0.29, 0.717) is 5.89 Å². The maximum Gasteiger partial charge on any atom is 0.226 e. The summed E-state index contributed by atoms with van der Waals surface area (Å²) in [6, 6.07) is 7.77. The van der Waals surface area contributed by atoms with Gasteiger partial charge in [0.1, 0.15) is 12.5 Å². The van der Waals surface area contributed by atoms with E-state index < -0.39 is 0 Å². The average Bonchev–Trinajstić information content (AvgIpc) is 2.56. The van der Waals surface area contributed by atoms with Gasteiger partial charge >= 0.3 is 0 Å². The van der Waals surface area contributed by atoms with Crippen LogP contribution in [0, 0.1) is 6.20 Å². The maximum absolute atomic E-state index is 5.09. The predicted octanol–water partition coefficient (Wildman–Crippen LogP) is 2.90. The zero-order valence-corrected chi connectivity index (χ0v) is 7.71. The third kappa shape index (κ3) is 1.41. The van der Waals surface area contributed by atoms with Crippen molar-refractivity contribution in [3.8, 4) is 11.5 Å². The Hall–Kier alpha value is -1.09. The van der Waals surface area contributed by atoms with Crippen molar-refractivity contribution in [2.24, 2.45) is 0 Å². The molecule has 59 valence electrons. The molecular formula is C9H5BrNO. The number of rotatable bonds is 1. The average molecular weight is 223 g/mol. The Balaban J connectivity index is 2.48. The first-order chi connectivity index (χ1) is 5.86. The molecule has 12 heavy (non-hydrogen) atoms. The van der Waals surface area contributed by atoms with Gasteiger partial charge in [-0.2, -0.15) is 0 Å². The fourth-order valence-electron chi connectivity index (χ4n) is 0.948. The van der Waals surface area contributed by atoms with Crippen LogP contribution >= 0.6 is 15.9 Å². The first-order valence-electron chi connectivity index (χ1n) is 3.44. The molecule has 1 radical (unpaired) electrons. The lowest BCUT2D eigenvalue weighted by atomic mass is 10.2. The minimum Gasteiger partial charge on any atom is -0.444 e. The van der Waals surface area contributed by atoms with Crippen LogP contribution in [-0.2, 0) is 0 Å². The molecule has 2 rings (SSSR count). The highest BCUT2D eigenvalue weighted by molar-refractivity contribution is 9.10. The third-order valence-electron chi connectivity index (χ3n) is 1.46. The van der Waals surface area contributed by atoms with Crippen LogP contribution in [-0.4, -0.2) is 4.98 Å². The first-order valence-corrected chi connectivity index (χ1v) is 4.23. The molecule has 0 fully saturated rings. The maximum atomic E-state index is 5.09. The standard InChI is InChI=1S/C9H5BrNO/c10-8-3-1-2-7(6-8)9-11-4-5-12-9/h1-3,5-6H. The summed E-state index contributed by atoms with van der Waals surface area (Å²) in [6.45, 7) is 0. The summed E-state index contributed by atoms with van der Waals surface area (Å²) in [5, 5.41) is 0. The van der Waals surface area contributed by atoms with Gasteiger partial charge in [0.05, 0.1) is 0 Å². The van der Waals surface area contributed by atoms with Crippen LogP contribution in [0.4, 0.5) is 0 Å². The van der Waals surface area contributed by atoms with E-state index >= 15 is 0 Å². The van der Waals surface area contributed by atoms with Crippen LogP contribution in [0.15, 0.2) is 39.4 Å². The quantitative estimate of drug-likeness (QED) is 0.742. The van der Waals surface area contributed by atoms with Crippen molar-refractivity contribution < 1.29 is 4.42 Å². The molecule has 0 unspecified atom stereocenters. The van der Waals surface area contributed by atoms with E-state index in [0.717, 1.165) is 10.0 Å². The van der Waals surface area contributed by atoms with Crippen molar-refractivity contribution in [3.05, 3.63) is 41.2 Å². The zero-order valence-electron chi connectivity index (χ0n) is 6.12. The van der Waals surface area contributed by atoms with E-state index in [1.165, 1.54) is 6.26 Å². The second-order valence-electron chi connectivity index (χ2n) is 2.29. The number of halogens is 1. The van der Waals surface area contributed by atoms with Crippen LogP contribution in [0.25, 0.3) is 11.5 Å². The molecule has 0 atom stereocenters. The van der Waals surface area contributed by atoms with Crippen molar-refractivity contribution >= 4 is 15.9 Å². The normalized spacial score (nSPS) is 10.1. The van der Waals surface area contributed by atoms with Crippen LogP contribution in [0.1, 0.15) is 0 Å². The highest BCUT2D eigenvalue weighted by atomic mass is 79.9. The molecule has 2 nitrogen and oxygen atoms in total. The van der Waals surface area contributed by atoms with Gasteiger partial charge in [-0.3, -0.25) is 0 Å². The van der Waals surface area contributed by atoms with E-state index in [1.807, 2.05) is 24.3 Å². The second-order valence-corrected chi connectivity index (χ2v) is 3.21. The van der Waals surface area contributed by atoms with Crippen molar-refractivity contribution in [2.45, 2.75) is 0 Å². The second kappa shape index (κ2) is 3.11. The Morgan fingerprint density at radius 1 is 1.42 bits per heavy atom. The number of oxazole rings is 1. The summed E-state index contributed by atoms with van der Waals surface area (Å²) < 4.78 is 6.10. The predicted molar refractivity (Wildman–Crippen MR) is 48.5 cm³/mol. The molecule has 0 saturated heterocycles. The molecular weight excluding hydrogens is 218 g/mol. The molecule has 0 bridgehead atoms. The van der Waals surface area contributed by atoms with Crippen molar-refractivity contribution in [1.29, 1.82) is 0 Å². The van der Waals surface area contributed by atoms with Gasteiger partial charge < -0.3 is 4.42 Å². The Kier molecular flexibility index (Phi) is 1.96. The van der Waals surface area contributed by atoms with Crippen LogP contribution < -0.4 is 0 Å². The molecule has 1 aromatic heterocycles. The van der Waals surface area contributed by atoms with Crippen molar-refractivity contribution in [1.82, 2.24) is 4.98 Å². The fourth-order valence-corrected chi connectivity index (χ4v) is 1.35. The van der Waals surface area contributed by atoms with E-state index in [2.05, 4.69) is 27.1 Å². The van der Waals surface area contributed by atoms with Crippen LogP contribution in [0.3, 0.4) is 0 Å². The lowest BCUT2D eigenvalue weighted by molar-refractivity contribution is 0.574. The Bertz CT molecular complexity index is 370. The molecule has 0 aliphatic heterocycles. The summed E-state index contributed by atoms with van der Waals surface area (Å²) >= 11 is 3.37. The molecule has 0 saturated carbocycles. The fraction of sp³-hybridized carbons (Fsp3) is 0. The molecule has 2 aromatic rings. The van der Waals surface area contributed by atoms with Gasteiger partial charge in [0, 0.05) is 10.0 Å². The highest BCUT2D eigenvalue weighted by Crippen LogP contribution is 2.20. The summed E-state index contributed by atoms with van der Waals surface area (Å²) in [5.41, 5.74) is 0.950. The third-order valence-corrected chi connectivity index (χ3v) is 1.95. The van der Waals surface area contributed by atoms with E-state index in [-0.39, 0.29) is 0 Å². The molecule has 0 aliphatic rings. The topological polar surface area (TPSA) is 26.0 Å². The lowest BCUT2D eigenvalue weighted by Gasteiger charge is -1.94. The van der Waals surface area contributed by atoms with Gasteiger partial charge in [-0.1, -0.05) is 22.0 Å². The number of hydrogen-bond acceptors (Lipinski definition) is 2. The molecule has 0 aliphatic carbocycles. The highest BCUT2D eigenvalue weighted by Gasteiger charge is 2.01. The minimum atomic E-state index is 0.594. The first kappa shape index (κ1) is 7.55. The number of aromatic nitrogens is 1. The van der Waals surface area contributed by atoms with E-state index in [9.17, 15) is 0 Å². The van der Waals surface area contributed by atoms with Crippen LogP contribution in [0.5, 0.6) is 0 Å². The van der Waals surface area contributed by atoms with Gasteiger partial charge in [0.25, 0.3) is 0 Å². The van der Waals surface area contributed by atoms with E-state index in [1.54, 1.807) is 0 Å². The van der Waals surface area contributed by atoms with Crippen molar-refractivity contribution in [2.75, 3.05) is 0 Å². The van der Waals surface area contributed by atoms with Gasteiger partial charge in [-0.15, -0.1) is 0 Å². The molecule has 1 aromatic carbocycles. The van der Waals surface area contributed by atoms with E-state index in [4.69, 9.17) is 4.42 Å². The van der Waals surface area contributed by atoms with Gasteiger partial charge in [-0.05, 0) is 18.2 Å².